The van der Waals surface area contributed by atoms with Crippen LogP contribution >= 0.6 is 11.3 Å². The summed E-state index contributed by atoms with van der Waals surface area (Å²) in [4.78, 5) is 18.1. The van der Waals surface area contributed by atoms with Crippen LogP contribution in [0.25, 0.3) is 0 Å². The number of aryl methyl sites for hydroxylation is 3. The predicted octanol–water partition coefficient (Wildman–Crippen LogP) is 3.31. The van der Waals surface area contributed by atoms with Crippen molar-refractivity contribution >= 4 is 17.2 Å². The molecule has 0 saturated carbocycles. The van der Waals surface area contributed by atoms with E-state index in [4.69, 9.17) is 0 Å². The van der Waals surface area contributed by atoms with Gasteiger partial charge in [0.15, 0.2) is 0 Å². The summed E-state index contributed by atoms with van der Waals surface area (Å²) in [5.74, 6) is 0.129. The summed E-state index contributed by atoms with van der Waals surface area (Å²) in [6, 6.07) is 10.2. The molecule has 1 aliphatic rings. The maximum atomic E-state index is 11.9. The minimum atomic E-state index is 0.129. The van der Waals surface area contributed by atoms with Crippen LogP contribution < -0.4 is 5.32 Å². The lowest BCUT2D eigenvalue weighted by molar-refractivity contribution is -0.121. The molecule has 0 spiro atoms. The zero-order valence-electron chi connectivity index (χ0n) is 12.8. The van der Waals surface area contributed by atoms with Gasteiger partial charge in [0.1, 0.15) is 0 Å². The third-order valence-electron chi connectivity index (χ3n) is 4.03. The molecule has 1 N–H and O–H groups in total. The smallest absolute Gasteiger partial charge is 0.220 e. The predicted molar refractivity (Wildman–Crippen MR) is 90.2 cm³/mol. The van der Waals surface area contributed by atoms with Crippen molar-refractivity contribution in [2.24, 2.45) is 0 Å². The van der Waals surface area contributed by atoms with E-state index in [1.54, 1.807) is 11.3 Å². The van der Waals surface area contributed by atoms with Crippen LogP contribution in [0.2, 0.25) is 0 Å². The molecule has 116 valence electrons. The number of aromatic nitrogens is 1. The lowest BCUT2D eigenvalue weighted by Gasteiger charge is -2.06. The Labute approximate surface area is 135 Å². The zero-order chi connectivity index (χ0) is 15.2. The molecule has 22 heavy (non-hydrogen) atoms. The average Bonchev–Trinajstić information content (AvgIpc) is 2.97. The Morgan fingerprint density at radius 3 is 2.77 bits per heavy atom. The van der Waals surface area contributed by atoms with Gasteiger partial charge in [-0.3, -0.25) is 4.79 Å². The van der Waals surface area contributed by atoms with Crippen LogP contribution in [0.1, 0.15) is 40.4 Å². The van der Waals surface area contributed by atoms with E-state index in [0.717, 1.165) is 24.3 Å². The van der Waals surface area contributed by atoms with Gasteiger partial charge in [0, 0.05) is 24.3 Å². The molecule has 0 radical (unpaired) electrons. The number of thiazole rings is 1. The quantitative estimate of drug-likeness (QED) is 0.889. The molecule has 0 atom stereocenters. The van der Waals surface area contributed by atoms with Crippen molar-refractivity contribution in [3.05, 3.63) is 51.5 Å². The molecule has 1 amide bonds. The van der Waals surface area contributed by atoms with E-state index in [2.05, 4.69) is 22.4 Å². The number of fused-ring (bicyclic) bond motifs is 1. The Hall–Kier alpha value is -1.68. The first-order chi connectivity index (χ1) is 10.8. The van der Waals surface area contributed by atoms with Crippen molar-refractivity contribution < 1.29 is 4.79 Å². The fourth-order valence-electron chi connectivity index (χ4n) is 2.81. The standard InChI is InChI=1S/C18H22N2OS/c21-17(19-13-12-14-6-2-1-3-7-14)10-11-18-20-15-8-4-5-9-16(15)22-18/h1-3,6-7H,4-5,8-13H2,(H,19,21). The van der Waals surface area contributed by atoms with Gasteiger partial charge in [0.05, 0.1) is 10.7 Å². The maximum Gasteiger partial charge on any atom is 0.220 e. The number of nitrogens with one attached hydrogen (secondary N) is 1. The Balaban J connectivity index is 1.40. The molecule has 0 bridgehead atoms. The van der Waals surface area contributed by atoms with Crippen molar-refractivity contribution in [2.75, 3.05) is 6.54 Å². The van der Waals surface area contributed by atoms with Gasteiger partial charge in [0.25, 0.3) is 0 Å². The number of carbonyl (C=O) groups excluding carboxylic acids is 1. The van der Waals surface area contributed by atoms with Crippen molar-refractivity contribution in [1.29, 1.82) is 0 Å². The van der Waals surface area contributed by atoms with E-state index < -0.39 is 0 Å². The topological polar surface area (TPSA) is 42.0 Å². The van der Waals surface area contributed by atoms with Crippen LogP contribution in [0.5, 0.6) is 0 Å². The highest BCUT2D eigenvalue weighted by Crippen LogP contribution is 2.27. The maximum absolute atomic E-state index is 11.9. The number of benzene rings is 1. The van der Waals surface area contributed by atoms with Gasteiger partial charge in [-0.1, -0.05) is 30.3 Å². The SMILES string of the molecule is O=C(CCc1nc2c(s1)CCCC2)NCCc1ccccc1. The molecule has 0 fully saturated rings. The van der Waals surface area contributed by atoms with Crippen LogP contribution in [-0.4, -0.2) is 17.4 Å². The van der Waals surface area contributed by atoms with Gasteiger partial charge >= 0.3 is 0 Å². The van der Waals surface area contributed by atoms with Crippen LogP contribution in [-0.2, 0) is 30.5 Å². The summed E-state index contributed by atoms with van der Waals surface area (Å²) in [7, 11) is 0. The molecule has 0 saturated heterocycles. The number of carbonyl (C=O) groups is 1. The first kappa shape index (κ1) is 15.2. The lowest BCUT2D eigenvalue weighted by atomic mass is 10.0. The van der Waals surface area contributed by atoms with Gasteiger partial charge in [-0.25, -0.2) is 4.98 Å². The van der Waals surface area contributed by atoms with E-state index in [-0.39, 0.29) is 5.91 Å². The van der Waals surface area contributed by atoms with Crippen LogP contribution in [0.15, 0.2) is 30.3 Å². The number of hydrogen-bond donors (Lipinski definition) is 1. The summed E-state index contributed by atoms with van der Waals surface area (Å²) in [6.45, 7) is 0.706. The molecule has 3 nitrogen and oxygen atoms in total. The van der Waals surface area contributed by atoms with Gasteiger partial charge in [-0.15, -0.1) is 11.3 Å². The third-order valence-corrected chi connectivity index (χ3v) is 5.25. The normalized spacial score (nSPS) is 13.6. The number of hydrogen-bond acceptors (Lipinski definition) is 3. The van der Waals surface area contributed by atoms with Gasteiger partial charge < -0.3 is 5.32 Å². The van der Waals surface area contributed by atoms with Crippen molar-refractivity contribution in [2.45, 2.75) is 44.9 Å². The first-order valence-corrected chi connectivity index (χ1v) is 8.91. The Bertz CT molecular complexity index is 598. The summed E-state index contributed by atoms with van der Waals surface area (Å²) >= 11 is 1.81. The molecule has 4 heteroatoms. The Kier molecular flexibility index (Phi) is 5.22. The van der Waals surface area contributed by atoms with Crippen LogP contribution in [0.3, 0.4) is 0 Å². The second kappa shape index (κ2) is 7.54. The third kappa shape index (κ3) is 4.17. The molecule has 2 aromatic rings. The highest BCUT2D eigenvalue weighted by molar-refractivity contribution is 7.11. The van der Waals surface area contributed by atoms with E-state index >= 15 is 0 Å². The number of amides is 1. The summed E-state index contributed by atoms with van der Waals surface area (Å²) in [5.41, 5.74) is 2.55. The Morgan fingerprint density at radius 1 is 1.14 bits per heavy atom. The second-order valence-corrected chi connectivity index (χ2v) is 6.94. The molecule has 3 rings (SSSR count). The molecule has 0 unspecified atom stereocenters. The zero-order valence-corrected chi connectivity index (χ0v) is 13.6. The van der Waals surface area contributed by atoms with Crippen molar-refractivity contribution in [1.82, 2.24) is 10.3 Å². The number of nitrogens with zero attached hydrogens (tertiary/aromatic N) is 1. The minimum absolute atomic E-state index is 0.129. The minimum Gasteiger partial charge on any atom is -0.356 e. The number of rotatable bonds is 6. The molecule has 1 aromatic carbocycles. The summed E-state index contributed by atoms with van der Waals surface area (Å²) in [5, 5.41) is 4.13. The van der Waals surface area contributed by atoms with E-state index in [1.807, 2.05) is 18.2 Å². The highest BCUT2D eigenvalue weighted by Gasteiger charge is 2.15. The van der Waals surface area contributed by atoms with Gasteiger partial charge in [0.2, 0.25) is 5.91 Å². The summed E-state index contributed by atoms with van der Waals surface area (Å²) < 4.78 is 0. The summed E-state index contributed by atoms with van der Waals surface area (Å²) in [6.07, 6.45) is 7.05. The average molecular weight is 314 g/mol. The second-order valence-electron chi connectivity index (χ2n) is 5.77. The molecule has 0 aliphatic heterocycles. The van der Waals surface area contributed by atoms with Crippen LogP contribution in [0, 0.1) is 0 Å². The fraction of sp³-hybridized carbons (Fsp3) is 0.444. The molecule has 1 aromatic heterocycles. The largest absolute Gasteiger partial charge is 0.356 e. The lowest BCUT2D eigenvalue weighted by Crippen LogP contribution is -2.25. The van der Waals surface area contributed by atoms with Crippen molar-refractivity contribution in [3.63, 3.8) is 0 Å². The molecule has 1 aliphatic carbocycles. The van der Waals surface area contributed by atoms with E-state index in [0.29, 0.717) is 13.0 Å². The molecule has 1 heterocycles. The Morgan fingerprint density at radius 2 is 1.95 bits per heavy atom. The molecular formula is C18H22N2OS. The first-order valence-electron chi connectivity index (χ1n) is 8.09. The van der Waals surface area contributed by atoms with E-state index in [1.165, 1.54) is 35.4 Å². The molecular weight excluding hydrogens is 292 g/mol. The monoisotopic (exact) mass is 314 g/mol. The van der Waals surface area contributed by atoms with Crippen molar-refractivity contribution in [3.8, 4) is 0 Å². The van der Waals surface area contributed by atoms with Gasteiger partial charge in [-0.2, -0.15) is 0 Å². The van der Waals surface area contributed by atoms with E-state index in [9.17, 15) is 4.79 Å². The van der Waals surface area contributed by atoms with Crippen LogP contribution in [0.4, 0.5) is 0 Å². The van der Waals surface area contributed by atoms with Gasteiger partial charge in [-0.05, 0) is 37.7 Å². The highest BCUT2D eigenvalue weighted by atomic mass is 32.1. The fourth-order valence-corrected chi connectivity index (χ4v) is 3.97.